The fourth-order valence-electron chi connectivity index (χ4n) is 6.22. The Hall–Kier alpha value is -6.04. The standard InChI is InChI=1S/C46H59BrN4O13/c1-11-14-15-16-31(35(12-2)51(27-52)64-43(57)30-20-18-29(59-10)24-33(30)47)40(54)48-26-49-42(56)37-22-21-36(61-37)28-17-19-32(38(23-28)60-13-3)41(55)50-34(44(58)63-46(7,8)9)25-39(53)62-45(4,5)6/h17-24,27,31,35H,11-16,25-26H2,1-10H3,(H,48,54)(H,49,56)/t31-,35-/m1/s1. The number of unbranched alkanes of at least 4 members (excludes halogenated alkanes) is 2. The normalized spacial score (nSPS) is 12.6. The average Bonchev–Trinajstić information content (AvgIpc) is 3.72. The average molecular weight is 956 g/mol. The first kappa shape index (κ1) is 52.3. The smallest absolute Gasteiger partial charge is 0.364 e. The fraction of sp³-hybridized carbons (Fsp3) is 0.478. The van der Waals surface area contributed by atoms with Gasteiger partial charge in [0.2, 0.25) is 12.3 Å². The highest BCUT2D eigenvalue weighted by molar-refractivity contribution is 9.10. The number of benzene rings is 2. The third kappa shape index (κ3) is 15.9. The summed E-state index contributed by atoms with van der Waals surface area (Å²) in [6.45, 7) is 15.3. The maximum absolute atomic E-state index is 13.7. The Labute approximate surface area is 382 Å². The van der Waals surface area contributed by atoms with Crippen molar-refractivity contribution in [3.05, 3.63) is 69.9 Å². The maximum Gasteiger partial charge on any atom is 0.364 e. The number of methoxy groups -OCH3 is 1. The second-order valence-corrected chi connectivity index (χ2v) is 17.3. The summed E-state index contributed by atoms with van der Waals surface area (Å²) in [7, 11) is 1.49. The van der Waals surface area contributed by atoms with Crippen LogP contribution in [0.2, 0.25) is 0 Å². The summed E-state index contributed by atoms with van der Waals surface area (Å²) < 4.78 is 27.9. The number of esters is 2. The van der Waals surface area contributed by atoms with Crippen LogP contribution in [0.25, 0.3) is 11.3 Å². The van der Waals surface area contributed by atoms with Crippen LogP contribution in [0, 0.1) is 5.92 Å². The zero-order chi connectivity index (χ0) is 47.8. The van der Waals surface area contributed by atoms with Gasteiger partial charge >= 0.3 is 17.9 Å². The minimum Gasteiger partial charge on any atom is -0.497 e. The van der Waals surface area contributed by atoms with Crippen LogP contribution in [0.15, 0.2) is 62.4 Å². The molecule has 64 heavy (non-hydrogen) atoms. The molecule has 0 spiro atoms. The Morgan fingerprint density at radius 3 is 2.16 bits per heavy atom. The van der Waals surface area contributed by atoms with Crippen molar-refractivity contribution < 1.29 is 61.8 Å². The number of furan rings is 1. The Morgan fingerprint density at radius 2 is 1.56 bits per heavy atom. The highest BCUT2D eigenvalue weighted by Gasteiger charge is 2.34. The third-order valence-electron chi connectivity index (χ3n) is 9.09. The molecule has 18 heteroatoms. The molecule has 2 N–H and O–H groups in total. The Bertz CT molecular complexity index is 2170. The predicted octanol–water partition coefficient (Wildman–Crippen LogP) is 7.78. The number of nitrogens with zero attached hydrogens (tertiary/aromatic N) is 2. The van der Waals surface area contributed by atoms with Crippen LogP contribution in [0.1, 0.15) is 132 Å². The second-order valence-electron chi connectivity index (χ2n) is 16.4. The van der Waals surface area contributed by atoms with Crippen molar-refractivity contribution >= 4 is 63.7 Å². The zero-order valence-electron chi connectivity index (χ0n) is 38.1. The molecular formula is C46H59BrN4O13. The number of nitrogens with one attached hydrogen (secondary N) is 2. The lowest BCUT2D eigenvalue weighted by Gasteiger charge is -2.32. The van der Waals surface area contributed by atoms with Crippen LogP contribution in [0.3, 0.4) is 0 Å². The number of carbonyl (C=O) groups is 7. The summed E-state index contributed by atoms with van der Waals surface area (Å²) in [5.74, 6) is -4.59. The summed E-state index contributed by atoms with van der Waals surface area (Å²) in [6.07, 6.45) is 2.76. The lowest BCUT2D eigenvalue weighted by atomic mass is 9.90. The summed E-state index contributed by atoms with van der Waals surface area (Å²) in [6, 6.07) is 11.2. The van der Waals surface area contributed by atoms with Gasteiger partial charge in [-0.05, 0) is 120 Å². The lowest BCUT2D eigenvalue weighted by molar-refractivity contribution is -0.171. The van der Waals surface area contributed by atoms with Gasteiger partial charge in [-0.25, -0.2) is 14.6 Å². The SMILES string of the molecule is CCCCC[C@@H](C(=O)NCNC(=O)c1ccc(-c2ccc(C(=O)N=C(CC(=O)OC(C)(C)C)C(=O)OC(C)(C)C)c(OCC)c2)o1)[C@@H](CC)N(C=O)OC(=O)c1ccc(OC)cc1Br. The molecule has 0 fully saturated rings. The number of hydrogen-bond acceptors (Lipinski definition) is 13. The topological polar surface area (TPSA) is 218 Å². The number of aliphatic imine (C=N–C) groups is 1. The van der Waals surface area contributed by atoms with Gasteiger partial charge in [-0.3, -0.25) is 24.0 Å². The van der Waals surface area contributed by atoms with Crippen LogP contribution in [0.4, 0.5) is 0 Å². The Kier molecular flexibility index (Phi) is 19.7. The molecule has 1 aromatic heterocycles. The highest BCUT2D eigenvalue weighted by atomic mass is 79.9. The number of hydrogen-bond donors (Lipinski definition) is 2. The Balaban J connectivity index is 1.77. The highest BCUT2D eigenvalue weighted by Crippen LogP contribution is 2.31. The van der Waals surface area contributed by atoms with Crippen molar-refractivity contribution in [2.24, 2.45) is 10.9 Å². The van der Waals surface area contributed by atoms with Gasteiger partial charge in [0.25, 0.3) is 11.8 Å². The first-order chi connectivity index (χ1) is 30.1. The molecule has 0 aliphatic heterocycles. The van der Waals surface area contributed by atoms with Gasteiger partial charge < -0.3 is 38.8 Å². The molecule has 0 radical (unpaired) electrons. The van der Waals surface area contributed by atoms with Crippen LogP contribution >= 0.6 is 15.9 Å². The van der Waals surface area contributed by atoms with E-state index in [1.54, 1.807) is 67.5 Å². The second kappa shape index (κ2) is 24.1. The quantitative estimate of drug-likeness (QED) is 0.0246. The van der Waals surface area contributed by atoms with E-state index < -0.39 is 70.9 Å². The van der Waals surface area contributed by atoms with E-state index in [2.05, 4.69) is 31.6 Å². The summed E-state index contributed by atoms with van der Waals surface area (Å²) >= 11 is 3.33. The van der Waals surface area contributed by atoms with Gasteiger partial charge in [0.05, 0.1) is 49.9 Å². The third-order valence-corrected chi connectivity index (χ3v) is 9.75. The molecule has 17 nitrogen and oxygen atoms in total. The minimum atomic E-state index is -0.957. The Morgan fingerprint density at radius 1 is 0.875 bits per heavy atom. The van der Waals surface area contributed by atoms with Gasteiger partial charge in [-0.2, -0.15) is 5.06 Å². The number of carbonyl (C=O) groups excluding carboxylic acids is 7. The van der Waals surface area contributed by atoms with E-state index in [0.29, 0.717) is 35.0 Å². The van der Waals surface area contributed by atoms with Crippen molar-refractivity contribution in [3.8, 4) is 22.8 Å². The molecule has 1 heterocycles. The van der Waals surface area contributed by atoms with Crippen molar-refractivity contribution in [1.29, 1.82) is 0 Å². The molecule has 0 saturated carbocycles. The van der Waals surface area contributed by atoms with E-state index >= 15 is 0 Å². The van der Waals surface area contributed by atoms with E-state index in [9.17, 15) is 33.6 Å². The van der Waals surface area contributed by atoms with Crippen molar-refractivity contribution in [3.63, 3.8) is 0 Å². The molecule has 0 saturated heterocycles. The molecule has 0 aliphatic carbocycles. The summed E-state index contributed by atoms with van der Waals surface area (Å²) in [4.78, 5) is 101. The van der Waals surface area contributed by atoms with E-state index in [1.165, 1.54) is 43.5 Å². The van der Waals surface area contributed by atoms with E-state index in [0.717, 1.165) is 17.9 Å². The number of halogens is 1. The first-order valence-corrected chi connectivity index (χ1v) is 21.7. The number of ether oxygens (including phenoxy) is 4. The molecule has 348 valence electrons. The van der Waals surface area contributed by atoms with E-state index in [1.807, 2.05) is 6.92 Å². The van der Waals surface area contributed by atoms with Crippen LogP contribution in [-0.4, -0.2) is 90.4 Å². The number of amides is 4. The largest absolute Gasteiger partial charge is 0.497 e. The van der Waals surface area contributed by atoms with Gasteiger partial charge in [0.1, 0.15) is 34.2 Å². The van der Waals surface area contributed by atoms with Gasteiger partial charge in [0.15, 0.2) is 5.76 Å². The molecule has 3 aromatic rings. The lowest BCUT2D eigenvalue weighted by Crippen LogP contribution is -2.49. The zero-order valence-corrected chi connectivity index (χ0v) is 39.7. The molecule has 0 unspecified atom stereocenters. The van der Waals surface area contributed by atoms with E-state index in [4.69, 9.17) is 28.2 Å². The van der Waals surface area contributed by atoms with Crippen LogP contribution < -0.4 is 20.1 Å². The molecule has 2 atom stereocenters. The van der Waals surface area contributed by atoms with Crippen LogP contribution in [0.5, 0.6) is 11.5 Å². The van der Waals surface area contributed by atoms with E-state index in [-0.39, 0.29) is 48.1 Å². The molecule has 4 amide bonds. The van der Waals surface area contributed by atoms with Gasteiger partial charge in [-0.15, -0.1) is 0 Å². The predicted molar refractivity (Wildman–Crippen MR) is 240 cm³/mol. The number of rotatable bonds is 22. The van der Waals surface area contributed by atoms with Gasteiger partial charge in [0, 0.05) is 10.0 Å². The van der Waals surface area contributed by atoms with Crippen LogP contribution in [-0.2, 0) is 33.5 Å². The van der Waals surface area contributed by atoms with Crippen molar-refractivity contribution in [2.45, 2.75) is 118 Å². The number of hydroxylamine groups is 2. The fourth-order valence-corrected chi connectivity index (χ4v) is 6.74. The van der Waals surface area contributed by atoms with Crippen molar-refractivity contribution in [2.75, 3.05) is 20.4 Å². The molecular weight excluding hydrogens is 896 g/mol. The molecule has 0 aliphatic rings. The minimum absolute atomic E-state index is 0.0193. The summed E-state index contributed by atoms with van der Waals surface area (Å²) in [5.41, 5.74) is -1.68. The maximum atomic E-state index is 13.7. The summed E-state index contributed by atoms with van der Waals surface area (Å²) in [5, 5.41) is 6.17. The molecule has 2 aromatic carbocycles. The van der Waals surface area contributed by atoms with Gasteiger partial charge in [-0.1, -0.05) is 39.2 Å². The van der Waals surface area contributed by atoms with Crippen molar-refractivity contribution in [1.82, 2.24) is 15.7 Å². The first-order valence-electron chi connectivity index (χ1n) is 20.9. The molecule has 0 bridgehead atoms. The monoisotopic (exact) mass is 954 g/mol. The molecule has 3 rings (SSSR count).